The Morgan fingerprint density at radius 1 is 1.21 bits per heavy atom. The first kappa shape index (κ1) is 27.2. The molecule has 12 heteroatoms. The molecular weight excluding hydrogens is 517 g/mol. The Morgan fingerprint density at radius 3 is 2.74 bits per heavy atom. The van der Waals surface area contributed by atoms with Gasteiger partial charge >= 0.3 is 12.1 Å². The SMILES string of the molecule is COCCOc1ccc2c(c1)c(NC(=O)N1CC(C)C[C@H]1C(=O)NCc1cccc(Cl)c1F)cn2C(N)=O. The number of rotatable bonds is 8. The van der Waals surface area contributed by atoms with Gasteiger partial charge < -0.3 is 30.7 Å². The number of nitrogens with zero attached hydrogens (tertiary/aromatic N) is 2. The van der Waals surface area contributed by atoms with Crippen LogP contribution in [0.5, 0.6) is 5.75 Å². The molecule has 0 spiro atoms. The van der Waals surface area contributed by atoms with Gasteiger partial charge in [-0.1, -0.05) is 30.7 Å². The molecule has 2 heterocycles. The van der Waals surface area contributed by atoms with E-state index in [2.05, 4.69) is 10.6 Å². The van der Waals surface area contributed by atoms with E-state index >= 15 is 0 Å². The van der Waals surface area contributed by atoms with Crippen LogP contribution in [0.2, 0.25) is 5.02 Å². The van der Waals surface area contributed by atoms with Gasteiger partial charge in [-0.25, -0.2) is 14.0 Å². The van der Waals surface area contributed by atoms with E-state index < -0.39 is 29.8 Å². The van der Waals surface area contributed by atoms with Crippen molar-refractivity contribution in [2.24, 2.45) is 11.7 Å². The van der Waals surface area contributed by atoms with Gasteiger partial charge in [-0.05, 0) is 36.6 Å². The van der Waals surface area contributed by atoms with Gasteiger partial charge in [0.25, 0.3) is 0 Å². The summed E-state index contributed by atoms with van der Waals surface area (Å²) in [5, 5.41) is 6.03. The third-order valence-electron chi connectivity index (χ3n) is 6.37. The molecule has 1 fully saturated rings. The van der Waals surface area contributed by atoms with Crippen molar-refractivity contribution >= 4 is 46.2 Å². The van der Waals surface area contributed by atoms with E-state index in [-0.39, 0.29) is 23.0 Å². The zero-order valence-electron chi connectivity index (χ0n) is 21.0. The van der Waals surface area contributed by atoms with E-state index in [1.165, 1.54) is 27.8 Å². The van der Waals surface area contributed by atoms with Gasteiger partial charge in [-0.3, -0.25) is 9.36 Å². The van der Waals surface area contributed by atoms with E-state index in [0.717, 1.165) is 0 Å². The number of hydrogen-bond donors (Lipinski definition) is 3. The Kier molecular flexibility index (Phi) is 8.38. The minimum atomic E-state index is -0.760. The maximum atomic E-state index is 14.2. The number of carbonyl (C=O) groups excluding carboxylic acids is 3. The van der Waals surface area contributed by atoms with Gasteiger partial charge in [0, 0.05) is 37.3 Å². The van der Waals surface area contributed by atoms with Crippen molar-refractivity contribution in [2.75, 3.05) is 32.2 Å². The fourth-order valence-electron chi connectivity index (χ4n) is 4.51. The smallest absolute Gasteiger partial charge is 0.323 e. The molecule has 10 nitrogen and oxygen atoms in total. The van der Waals surface area contributed by atoms with Crippen LogP contribution in [-0.2, 0) is 16.1 Å². The standard InChI is InChI=1S/C26H29ClFN5O5/c1-15-10-22(24(34)30-12-16-4-3-5-19(27)23(16)28)33(13-15)26(36)31-20-14-32(25(29)35)21-7-6-17(11-18(20)21)38-9-8-37-2/h3-7,11,14-15,22H,8-10,12-13H2,1-2H3,(H2,29,35)(H,30,34)(H,31,36)/t15?,22-/m0/s1. The number of halogens is 2. The maximum Gasteiger partial charge on any atom is 0.323 e. The van der Waals surface area contributed by atoms with E-state index in [9.17, 15) is 18.8 Å². The van der Waals surface area contributed by atoms with Crippen LogP contribution in [-0.4, -0.2) is 60.3 Å². The molecule has 1 aliphatic rings. The van der Waals surface area contributed by atoms with Crippen LogP contribution < -0.4 is 21.1 Å². The first-order valence-electron chi connectivity index (χ1n) is 12.0. The van der Waals surface area contributed by atoms with Gasteiger partial charge in [0.1, 0.15) is 24.2 Å². The summed E-state index contributed by atoms with van der Waals surface area (Å²) in [6.45, 7) is 2.93. The van der Waals surface area contributed by atoms with Crippen molar-refractivity contribution in [2.45, 2.75) is 25.9 Å². The van der Waals surface area contributed by atoms with E-state index in [0.29, 0.717) is 48.5 Å². The molecule has 0 saturated carbocycles. The van der Waals surface area contributed by atoms with Crippen molar-refractivity contribution in [1.29, 1.82) is 0 Å². The second-order valence-electron chi connectivity index (χ2n) is 9.14. The number of primary amides is 1. The summed E-state index contributed by atoms with van der Waals surface area (Å²) < 4.78 is 26.1. The highest BCUT2D eigenvalue weighted by molar-refractivity contribution is 6.30. The minimum Gasteiger partial charge on any atom is -0.491 e. The van der Waals surface area contributed by atoms with Crippen molar-refractivity contribution in [1.82, 2.24) is 14.8 Å². The largest absolute Gasteiger partial charge is 0.491 e. The predicted molar refractivity (Wildman–Crippen MR) is 141 cm³/mol. The van der Waals surface area contributed by atoms with Gasteiger partial charge in [-0.15, -0.1) is 0 Å². The highest BCUT2D eigenvalue weighted by Crippen LogP contribution is 2.31. The first-order valence-corrected chi connectivity index (χ1v) is 12.4. The van der Waals surface area contributed by atoms with Crippen LogP contribution in [0.3, 0.4) is 0 Å². The fourth-order valence-corrected chi connectivity index (χ4v) is 4.71. The molecule has 3 aromatic rings. The highest BCUT2D eigenvalue weighted by atomic mass is 35.5. The van der Waals surface area contributed by atoms with Crippen molar-refractivity contribution in [3.63, 3.8) is 0 Å². The number of urea groups is 1. The normalized spacial score (nSPS) is 17.0. The Balaban J connectivity index is 1.52. The molecule has 38 heavy (non-hydrogen) atoms. The molecule has 4 N–H and O–H groups in total. The maximum absolute atomic E-state index is 14.2. The van der Waals surface area contributed by atoms with Gasteiger partial charge in [0.05, 0.1) is 22.8 Å². The quantitative estimate of drug-likeness (QED) is 0.369. The zero-order chi connectivity index (χ0) is 27.4. The van der Waals surface area contributed by atoms with Gasteiger partial charge in [0.2, 0.25) is 5.91 Å². The van der Waals surface area contributed by atoms with Crippen LogP contribution in [0.25, 0.3) is 10.9 Å². The molecule has 1 aliphatic heterocycles. The molecule has 202 valence electrons. The number of methoxy groups -OCH3 is 1. The lowest BCUT2D eigenvalue weighted by Crippen LogP contribution is -2.47. The lowest BCUT2D eigenvalue weighted by atomic mass is 10.1. The summed E-state index contributed by atoms with van der Waals surface area (Å²) >= 11 is 5.83. The second-order valence-corrected chi connectivity index (χ2v) is 9.55. The number of nitrogens with one attached hydrogen (secondary N) is 2. The molecular formula is C26H29ClFN5O5. The summed E-state index contributed by atoms with van der Waals surface area (Å²) in [4.78, 5) is 39.8. The Hall–Kier alpha value is -3.83. The molecule has 2 atom stereocenters. The third-order valence-corrected chi connectivity index (χ3v) is 6.66. The molecule has 0 aliphatic carbocycles. The lowest BCUT2D eigenvalue weighted by molar-refractivity contribution is -0.124. The third kappa shape index (κ3) is 5.84. The molecule has 4 amide bonds. The van der Waals surface area contributed by atoms with Crippen molar-refractivity contribution in [3.8, 4) is 5.75 Å². The molecule has 1 saturated heterocycles. The molecule has 2 aromatic carbocycles. The molecule has 0 radical (unpaired) electrons. The number of carbonyl (C=O) groups is 3. The minimum absolute atomic E-state index is 0.0328. The Labute approximate surface area is 223 Å². The number of nitrogens with two attached hydrogens (primary N) is 1. The van der Waals surface area contributed by atoms with Crippen LogP contribution in [0.4, 0.5) is 19.7 Å². The zero-order valence-corrected chi connectivity index (χ0v) is 21.8. The number of likely N-dealkylation sites (tertiary alicyclic amines) is 1. The molecule has 4 rings (SSSR count). The molecule has 0 bridgehead atoms. The van der Waals surface area contributed by atoms with Crippen molar-refractivity contribution < 1.29 is 28.2 Å². The van der Waals surface area contributed by atoms with Gasteiger partial charge in [0.15, 0.2) is 0 Å². The Bertz CT molecular complexity index is 1360. The monoisotopic (exact) mass is 545 g/mol. The van der Waals surface area contributed by atoms with Crippen LogP contribution in [0.15, 0.2) is 42.6 Å². The number of anilines is 1. The highest BCUT2D eigenvalue weighted by Gasteiger charge is 2.38. The van der Waals surface area contributed by atoms with Crippen LogP contribution in [0, 0.1) is 11.7 Å². The van der Waals surface area contributed by atoms with Crippen LogP contribution in [0.1, 0.15) is 18.9 Å². The lowest BCUT2D eigenvalue weighted by Gasteiger charge is -2.24. The number of aromatic nitrogens is 1. The number of benzene rings is 2. The average Bonchev–Trinajstić information content (AvgIpc) is 3.45. The molecule has 1 unspecified atom stereocenters. The number of hydrogen-bond acceptors (Lipinski definition) is 5. The first-order chi connectivity index (χ1) is 18.2. The topological polar surface area (TPSA) is 128 Å². The summed E-state index contributed by atoms with van der Waals surface area (Å²) in [6.07, 6.45) is 1.87. The van der Waals surface area contributed by atoms with E-state index in [4.69, 9.17) is 26.8 Å². The fraction of sp³-hybridized carbons (Fsp3) is 0.346. The van der Waals surface area contributed by atoms with Gasteiger partial charge in [-0.2, -0.15) is 0 Å². The average molecular weight is 546 g/mol. The summed E-state index contributed by atoms with van der Waals surface area (Å²) in [5.74, 6) is -0.419. The summed E-state index contributed by atoms with van der Waals surface area (Å²) in [7, 11) is 1.56. The second kappa shape index (κ2) is 11.7. The number of ether oxygens (including phenoxy) is 2. The summed E-state index contributed by atoms with van der Waals surface area (Å²) in [6, 6.07) is 7.61. The summed E-state index contributed by atoms with van der Waals surface area (Å²) in [5.41, 5.74) is 6.59. The number of fused-ring (bicyclic) bond motifs is 1. The van der Waals surface area contributed by atoms with E-state index in [1.54, 1.807) is 31.4 Å². The van der Waals surface area contributed by atoms with Crippen LogP contribution >= 0.6 is 11.6 Å². The molecule has 1 aromatic heterocycles. The predicted octanol–water partition coefficient (Wildman–Crippen LogP) is 3.94. The Morgan fingerprint density at radius 2 is 2.00 bits per heavy atom. The van der Waals surface area contributed by atoms with Crippen molar-refractivity contribution in [3.05, 3.63) is 59.0 Å². The van der Waals surface area contributed by atoms with E-state index in [1.807, 2.05) is 6.92 Å². The number of amides is 4.